The van der Waals surface area contributed by atoms with E-state index in [2.05, 4.69) is 10.1 Å². The molecule has 0 radical (unpaired) electrons. The minimum absolute atomic E-state index is 0.137. The van der Waals surface area contributed by atoms with Crippen molar-refractivity contribution in [2.24, 2.45) is 0 Å². The molecule has 2 aromatic rings. The van der Waals surface area contributed by atoms with Gasteiger partial charge in [0.2, 0.25) is 0 Å². The zero-order valence-corrected chi connectivity index (χ0v) is 13.8. The van der Waals surface area contributed by atoms with Crippen LogP contribution in [0.4, 0.5) is 14.5 Å². The Labute approximate surface area is 147 Å². The number of rotatable bonds is 5. The molecule has 0 aromatic heterocycles. The first kappa shape index (κ1) is 17.3. The molecule has 25 heavy (non-hydrogen) atoms. The predicted molar refractivity (Wildman–Crippen MR) is 87.8 cm³/mol. The summed E-state index contributed by atoms with van der Waals surface area (Å²) in [6, 6.07) is 9.34. The average molecular weight is 370 g/mol. The Morgan fingerprint density at radius 3 is 2.80 bits per heavy atom. The minimum atomic E-state index is -3.00. The number of anilines is 1. The number of hydrogen-bond donors (Lipinski definition) is 1. The number of benzene rings is 2. The van der Waals surface area contributed by atoms with Gasteiger partial charge in [-0.05, 0) is 35.9 Å². The molecule has 3 rings (SSSR count). The van der Waals surface area contributed by atoms with E-state index in [1.165, 1.54) is 25.3 Å². The third-order valence-corrected chi connectivity index (χ3v) is 3.87. The van der Waals surface area contributed by atoms with Gasteiger partial charge in [0, 0.05) is 23.2 Å². The number of amides is 1. The lowest BCUT2D eigenvalue weighted by atomic mass is 10.1. The topological polar surface area (TPSA) is 56.8 Å². The lowest BCUT2D eigenvalue weighted by Crippen LogP contribution is -2.31. The van der Waals surface area contributed by atoms with Crippen molar-refractivity contribution in [2.75, 3.05) is 12.4 Å². The molecule has 0 bridgehead atoms. The summed E-state index contributed by atoms with van der Waals surface area (Å²) in [6.45, 7) is -3.00. The highest BCUT2D eigenvalue weighted by molar-refractivity contribution is 6.30. The van der Waals surface area contributed by atoms with Crippen LogP contribution < -0.4 is 19.5 Å². The number of ether oxygens (including phenoxy) is 3. The second-order valence-electron chi connectivity index (χ2n) is 5.30. The molecule has 1 aliphatic rings. The van der Waals surface area contributed by atoms with Gasteiger partial charge in [-0.2, -0.15) is 8.78 Å². The summed E-state index contributed by atoms with van der Waals surface area (Å²) in [5.74, 6) is 0.164. The van der Waals surface area contributed by atoms with Crippen molar-refractivity contribution in [3.05, 3.63) is 47.0 Å². The third kappa shape index (κ3) is 3.93. The Morgan fingerprint density at radius 2 is 2.08 bits per heavy atom. The van der Waals surface area contributed by atoms with E-state index >= 15 is 0 Å². The summed E-state index contributed by atoms with van der Waals surface area (Å²) in [5, 5.41) is 3.18. The third-order valence-electron chi connectivity index (χ3n) is 3.64. The van der Waals surface area contributed by atoms with Gasteiger partial charge >= 0.3 is 6.61 Å². The van der Waals surface area contributed by atoms with Crippen LogP contribution in [0.1, 0.15) is 5.56 Å². The molecule has 0 fully saturated rings. The molecule has 132 valence electrons. The van der Waals surface area contributed by atoms with Crippen LogP contribution >= 0.6 is 11.6 Å². The van der Waals surface area contributed by atoms with Crippen molar-refractivity contribution < 1.29 is 27.8 Å². The summed E-state index contributed by atoms with van der Waals surface area (Å²) < 4.78 is 39.9. The van der Waals surface area contributed by atoms with E-state index in [-0.39, 0.29) is 11.5 Å². The van der Waals surface area contributed by atoms with Crippen LogP contribution in [-0.2, 0) is 11.2 Å². The molecule has 0 saturated heterocycles. The highest BCUT2D eigenvalue weighted by Crippen LogP contribution is 2.33. The number of carbonyl (C=O) groups excluding carboxylic acids is 1. The second kappa shape index (κ2) is 7.14. The Kier molecular flexibility index (Phi) is 4.94. The van der Waals surface area contributed by atoms with Gasteiger partial charge in [-0.3, -0.25) is 4.79 Å². The van der Waals surface area contributed by atoms with Gasteiger partial charge in [-0.15, -0.1) is 0 Å². The molecule has 1 aliphatic heterocycles. The van der Waals surface area contributed by atoms with E-state index < -0.39 is 18.6 Å². The van der Waals surface area contributed by atoms with Gasteiger partial charge in [-0.1, -0.05) is 11.6 Å². The molecule has 0 aliphatic carbocycles. The number of carbonyl (C=O) groups is 1. The largest absolute Gasteiger partial charge is 0.493 e. The maximum Gasteiger partial charge on any atom is 0.387 e. The lowest BCUT2D eigenvalue weighted by Gasteiger charge is -2.14. The fourth-order valence-corrected chi connectivity index (χ4v) is 2.72. The fraction of sp³-hybridized carbons (Fsp3) is 0.235. The van der Waals surface area contributed by atoms with E-state index in [4.69, 9.17) is 21.1 Å². The summed E-state index contributed by atoms with van der Waals surface area (Å²) >= 11 is 5.92. The molecular formula is C17H14ClF2NO4. The Balaban J connectivity index is 1.71. The summed E-state index contributed by atoms with van der Waals surface area (Å²) in [5.41, 5.74) is 1.13. The van der Waals surface area contributed by atoms with Gasteiger partial charge in [0.05, 0.1) is 7.11 Å². The van der Waals surface area contributed by atoms with Crippen molar-refractivity contribution >= 4 is 23.2 Å². The Hall–Kier alpha value is -2.54. The standard InChI is InChI=1S/C17H14ClF2NO4/c1-23-13-5-3-11(8-14(13)25-17(19)20)21-16(22)15-7-9-6-10(18)2-4-12(9)24-15/h2-6,8,15,17H,7H2,1H3,(H,21,22). The van der Waals surface area contributed by atoms with Crippen LogP contribution in [0.3, 0.4) is 0 Å². The molecule has 2 aromatic carbocycles. The van der Waals surface area contributed by atoms with Crippen LogP contribution in [0.25, 0.3) is 0 Å². The molecule has 1 atom stereocenters. The first-order valence-corrected chi connectivity index (χ1v) is 7.73. The molecule has 8 heteroatoms. The molecule has 5 nitrogen and oxygen atoms in total. The van der Waals surface area contributed by atoms with Gasteiger partial charge in [0.1, 0.15) is 5.75 Å². The van der Waals surface area contributed by atoms with Gasteiger partial charge in [-0.25, -0.2) is 0 Å². The normalized spacial score (nSPS) is 15.5. The minimum Gasteiger partial charge on any atom is -0.493 e. The summed E-state index contributed by atoms with van der Waals surface area (Å²) in [4.78, 5) is 12.4. The maximum atomic E-state index is 12.5. The Bertz CT molecular complexity index is 800. The number of fused-ring (bicyclic) bond motifs is 1. The molecule has 0 saturated carbocycles. The fourth-order valence-electron chi connectivity index (χ4n) is 2.53. The number of hydrogen-bond acceptors (Lipinski definition) is 4. The zero-order valence-electron chi connectivity index (χ0n) is 13.1. The van der Waals surface area contributed by atoms with E-state index in [0.29, 0.717) is 22.9 Å². The molecule has 1 unspecified atom stereocenters. The van der Waals surface area contributed by atoms with Crippen LogP contribution in [0, 0.1) is 0 Å². The lowest BCUT2D eigenvalue weighted by molar-refractivity contribution is -0.122. The summed E-state index contributed by atoms with van der Waals surface area (Å²) in [7, 11) is 1.33. The van der Waals surface area contributed by atoms with Crippen molar-refractivity contribution in [1.29, 1.82) is 0 Å². The van der Waals surface area contributed by atoms with E-state index in [1.807, 2.05) is 0 Å². The van der Waals surface area contributed by atoms with E-state index in [0.717, 1.165) is 5.56 Å². The molecular weight excluding hydrogens is 356 g/mol. The van der Waals surface area contributed by atoms with Crippen molar-refractivity contribution in [3.63, 3.8) is 0 Å². The first-order valence-electron chi connectivity index (χ1n) is 7.35. The molecule has 1 amide bonds. The number of halogens is 3. The van der Waals surface area contributed by atoms with Crippen molar-refractivity contribution in [2.45, 2.75) is 19.1 Å². The van der Waals surface area contributed by atoms with Crippen molar-refractivity contribution in [1.82, 2.24) is 0 Å². The van der Waals surface area contributed by atoms with Crippen LogP contribution in [0.5, 0.6) is 17.2 Å². The van der Waals surface area contributed by atoms with Crippen LogP contribution in [0.15, 0.2) is 36.4 Å². The number of alkyl halides is 2. The number of methoxy groups -OCH3 is 1. The highest BCUT2D eigenvalue weighted by atomic mass is 35.5. The average Bonchev–Trinajstić information content (AvgIpc) is 2.98. The smallest absolute Gasteiger partial charge is 0.387 e. The maximum absolute atomic E-state index is 12.5. The van der Waals surface area contributed by atoms with Gasteiger partial charge in [0.25, 0.3) is 5.91 Å². The zero-order chi connectivity index (χ0) is 18.0. The van der Waals surface area contributed by atoms with Gasteiger partial charge < -0.3 is 19.5 Å². The molecule has 1 N–H and O–H groups in total. The molecule has 1 heterocycles. The quantitative estimate of drug-likeness (QED) is 0.868. The van der Waals surface area contributed by atoms with Crippen molar-refractivity contribution in [3.8, 4) is 17.2 Å². The number of nitrogens with one attached hydrogen (secondary N) is 1. The monoisotopic (exact) mass is 369 g/mol. The predicted octanol–water partition coefficient (Wildman–Crippen LogP) is 3.89. The SMILES string of the molecule is COc1ccc(NC(=O)C2Cc3cc(Cl)ccc3O2)cc1OC(F)F. The second-order valence-corrected chi connectivity index (χ2v) is 5.73. The van der Waals surface area contributed by atoms with Crippen LogP contribution in [0.2, 0.25) is 5.02 Å². The van der Waals surface area contributed by atoms with Gasteiger partial charge in [0.15, 0.2) is 17.6 Å². The Morgan fingerprint density at radius 1 is 1.28 bits per heavy atom. The highest BCUT2D eigenvalue weighted by Gasteiger charge is 2.29. The van der Waals surface area contributed by atoms with E-state index in [1.54, 1.807) is 18.2 Å². The van der Waals surface area contributed by atoms with E-state index in [9.17, 15) is 13.6 Å². The molecule has 0 spiro atoms. The first-order chi connectivity index (χ1) is 12.0. The van der Waals surface area contributed by atoms with Crippen LogP contribution in [-0.4, -0.2) is 25.7 Å². The summed E-state index contributed by atoms with van der Waals surface area (Å²) in [6.07, 6.45) is -0.354.